The van der Waals surface area contributed by atoms with Gasteiger partial charge in [0.25, 0.3) is 0 Å². The molecule has 0 saturated heterocycles. The lowest BCUT2D eigenvalue weighted by Crippen LogP contribution is -2.47. The van der Waals surface area contributed by atoms with E-state index in [2.05, 4.69) is 5.32 Å². The van der Waals surface area contributed by atoms with Gasteiger partial charge in [0.2, 0.25) is 0 Å². The Balaban J connectivity index is 1.67. The number of benzene rings is 1. The molecule has 126 valence electrons. The molecule has 0 bridgehead atoms. The lowest BCUT2D eigenvalue weighted by atomic mass is 9.79. The van der Waals surface area contributed by atoms with Gasteiger partial charge < -0.3 is 15.3 Å². The topological polar surface area (TPSA) is 52.6 Å². The van der Waals surface area contributed by atoms with Crippen molar-refractivity contribution < 1.29 is 14.3 Å². The first-order valence-electron chi connectivity index (χ1n) is 8.56. The van der Waals surface area contributed by atoms with E-state index in [1.54, 1.807) is 4.90 Å². The van der Waals surface area contributed by atoms with Crippen molar-refractivity contribution >= 4 is 6.03 Å². The van der Waals surface area contributed by atoms with Gasteiger partial charge in [0, 0.05) is 24.5 Å². The highest BCUT2D eigenvalue weighted by molar-refractivity contribution is 5.75. The largest absolute Gasteiger partial charge is 0.395 e. The summed E-state index contributed by atoms with van der Waals surface area (Å²) in [7, 11) is 0. The number of hydrogen-bond acceptors (Lipinski definition) is 2. The zero-order valence-electron chi connectivity index (χ0n) is 13.4. The summed E-state index contributed by atoms with van der Waals surface area (Å²) in [6.07, 6.45) is 6.35. The lowest BCUT2D eigenvalue weighted by molar-refractivity contribution is 0.171. The molecule has 0 spiro atoms. The maximum atomic E-state index is 13.2. The standard InChI is InChI=1S/C18H25FN2O2/c19-15-5-3-14(4-6-15)18(9-1-2-10-18)13-20-17(23)21(11-12-22)16-7-8-16/h3-6,16,22H,1-2,7-13H2,(H,20,23). The van der Waals surface area contributed by atoms with Crippen LogP contribution < -0.4 is 5.32 Å². The van der Waals surface area contributed by atoms with E-state index in [0.29, 0.717) is 13.1 Å². The summed E-state index contributed by atoms with van der Waals surface area (Å²) < 4.78 is 13.2. The molecule has 2 N–H and O–H groups in total. The van der Waals surface area contributed by atoms with Gasteiger partial charge in [-0.15, -0.1) is 0 Å². The highest BCUT2D eigenvalue weighted by Crippen LogP contribution is 2.40. The maximum Gasteiger partial charge on any atom is 0.317 e. The molecule has 1 aromatic rings. The van der Waals surface area contributed by atoms with Crippen molar-refractivity contribution in [2.45, 2.75) is 50.0 Å². The van der Waals surface area contributed by atoms with Gasteiger partial charge in [0.1, 0.15) is 5.82 Å². The second kappa shape index (κ2) is 6.87. The molecule has 2 amide bonds. The van der Waals surface area contributed by atoms with Crippen molar-refractivity contribution in [1.82, 2.24) is 10.2 Å². The van der Waals surface area contributed by atoms with Crippen LogP contribution in [0.3, 0.4) is 0 Å². The number of rotatable bonds is 6. The van der Waals surface area contributed by atoms with E-state index in [9.17, 15) is 9.18 Å². The van der Waals surface area contributed by atoms with Crippen molar-refractivity contribution in [3.8, 4) is 0 Å². The molecule has 2 aliphatic carbocycles. The molecule has 2 fully saturated rings. The number of halogens is 1. The van der Waals surface area contributed by atoms with Crippen molar-refractivity contribution in [2.24, 2.45) is 0 Å². The quantitative estimate of drug-likeness (QED) is 0.847. The highest BCUT2D eigenvalue weighted by Gasteiger charge is 2.37. The molecule has 0 unspecified atom stereocenters. The number of aliphatic hydroxyl groups excluding tert-OH is 1. The number of hydrogen-bond donors (Lipinski definition) is 2. The molecular weight excluding hydrogens is 295 g/mol. The maximum absolute atomic E-state index is 13.2. The second-order valence-corrected chi connectivity index (χ2v) is 6.80. The van der Waals surface area contributed by atoms with Crippen LogP contribution in [-0.2, 0) is 5.41 Å². The lowest BCUT2D eigenvalue weighted by Gasteiger charge is -2.31. The molecule has 0 radical (unpaired) electrons. The zero-order valence-corrected chi connectivity index (χ0v) is 13.4. The predicted octanol–water partition coefficient (Wildman–Crippen LogP) is 2.80. The average molecular weight is 320 g/mol. The second-order valence-electron chi connectivity index (χ2n) is 6.80. The Morgan fingerprint density at radius 2 is 1.91 bits per heavy atom. The number of carbonyl (C=O) groups is 1. The summed E-state index contributed by atoms with van der Waals surface area (Å²) in [6.45, 7) is 0.958. The van der Waals surface area contributed by atoms with Crippen LogP contribution in [0.4, 0.5) is 9.18 Å². The van der Waals surface area contributed by atoms with Gasteiger partial charge in [-0.2, -0.15) is 0 Å². The molecule has 0 heterocycles. The molecule has 0 atom stereocenters. The molecule has 2 saturated carbocycles. The van der Waals surface area contributed by atoms with E-state index >= 15 is 0 Å². The predicted molar refractivity (Wildman–Crippen MR) is 86.8 cm³/mol. The number of nitrogens with one attached hydrogen (secondary N) is 1. The fourth-order valence-corrected chi connectivity index (χ4v) is 3.71. The van der Waals surface area contributed by atoms with Crippen LogP contribution in [-0.4, -0.2) is 41.8 Å². The molecule has 3 rings (SSSR count). The molecule has 4 nitrogen and oxygen atoms in total. The minimum absolute atomic E-state index is 0.00692. The number of aliphatic hydroxyl groups is 1. The van der Waals surface area contributed by atoms with Crippen LogP contribution in [0.5, 0.6) is 0 Å². The zero-order chi connectivity index (χ0) is 16.3. The Labute approximate surface area is 136 Å². The van der Waals surface area contributed by atoms with Gasteiger partial charge in [-0.25, -0.2) is 9.18 Å². The van der Waals surface area contributed by atoms with Crippen molar-refractivity contribution in [1.29, 1.82) is 0 Å². The van der Waals surface area contributed by atoms with Crippen LogP contribution in [0.25, 0.3) is 0 Å². The third-order valence-corrected chi connectivity index (χ3v) is 5.18. The summed E-state index contributed by atoms with van der Waals surface area (Å²) in [5.74, 6) is -0.228. The number of nitrogens with zero attached hydrogens (tertiary/aromatic N) is 1. The molecule has 2 aliphatic rings. The Bertz CT molecular complexity index is 536. The van der Waals surface area contributed by atoms with E-state index in [1.807, 2.05) is 12.1 Å². The summed E-state index contributed by atoms with van der Waals surface area (Å²) in [5, 5.41) is 12.2. The fourth-order valence-electron chi connectivity index (χ4n) is 3.71. The third kappa shape index (κ3) is 3.66. The first-order valence-corrected chi connectivity index (χ1v) is 8.56. The van der Waals surface area contributed by atoms with Crippen molar-refractivity contribution in [2.75, 3.05) is 19.7 Å². The Morgan fingerprint density at radius 1 is 1.26 bits per heavy atom. The SMILES string of the molecule is O=C(NCC1(c2ccc(F)cc2)CCCC1)N(CCO)C1CC1. The molecule has 0 aromatic heterocycles. The van der Waals surface area contributed by atoms with Crippen molar-refractivity contribution in [3.63, 3.8) is 0 Å². The Kier molecular flexibility index (Phi) is 4.85. The van der Waals surface area contributed by atoms with Gasteiger partial charge in [0.05, 0.1) is 6.61 Å². The summed E-state index contributed by atoms with van der Waals surface area (Å²) in [6, 6.07) is 6.89. The fraction of sp³-hybridized carbons (Fsp3) is 0.611. The number of carbonyl (C=O) groups excluding carboxylic acids is 1. The Morgan fingerprint density at radius 3 is 2.48 bits per heavy atom. The van der Waals surface area contributed by atoms with E-state index in [0.717, 1.165) is 44.1 Å². The number of amides is 2. The van der Waals surface area contributed by atoms with Crippen LogP contribution in [0.1, 0.15) is 44.1 Å². The third-order valence-electron chi connectivity index (χ3n) is 5.18. The molecule has 23 heavy (non-hydrogen) atoms. The molecule has 5 heteroatoms. The van der Waals surface area contributed by atoms with E-state index < -0.39 is 0 Å². The summed E-state index contributed by atoms with van der Waals surface area (Å²) >= 11 is 0. The van der Waals surface area contributed by atoms with Crippen LogP contribution >= 0.6 is 0 Å². The molecule has 0 aliphatic heterocycles. The van der Waals surface area contributed by atoms with Gasteiger partial charge in [-0.1, -0.05) is 25.0 Å². The molecule has 1 aromatic carbocycles. The normalized spacial score (nSPS) is 19.6. The summed E-state index contributed by atoms with van der Waals surface area (Å²) in [5.41, 5.74) is 1.02. The first kappa shape index (κ1) is 16.2. The number of urea groups is 1. The van der Waals surface area contributed by atoms with Crippen LogP contribution in [0.15, 0.2) is 24.3 Å². The Hall–Kier alpha value is -1.62. The van der Waals surface area contributed by atoms with E-state index in [1.165, 1.54) is 12.1 Å². The molecular formula is C18H25FN2O2. The minimum Gasteiger partial charge on any atom is -0.395 e. The monoisotopic (exact) mass is 320 g/mol. The highest BCUT2D eigenvalue weighted by atomic mass is 19.1. The summed E-state index contributed by atoms with van der Waals surface area (Å²) in [4.78, 5) is 14.2. The minimum atomic E-state index is -0.228. The van der Waals surface area contributed by atoms with Crippen LogP contribution in [0, 0.1) is 5.82 Å². The van der Waals surface area contributed by atoms with Gasteiger partial charge in [0.15, 0.2) is 0 Å². The average Bonchev–Trinajstić information content (AvgIpc) is 3.28. The van der Waals surface area contributed by atoms with E-state index in [4.69, 9.17) is 5.11 Å². The van der Waals surface area contributed by atoms with Gasteiger partial charge >= 0.3 is 6.03 Å². The van der Waals surface area contributed by atoms with Gasteiger partial charge in [-0.3, -0.25) is 0 Å². The van der Waals surface area contributed by atoms with E-state index in [-0.39, 0.29) is 29.9 Å². The van der Waals surface area contributed by atoms with Crippen LogP contribution in [0.2, 0.25) is 0 Å². The smallest absolute Gasteiger partial charge is 0.317 e. The first-order chi connectivity index (χ1) is 11.1. The van der Waals surface area contributed by atoms with Gasteiger partial charge in [-0.05, 0) is 43.4 Å². The van der Waals surface area contributed by atoms with Crippen molar-refractivity contribution in [3.05, 3.63) is 35.6 Å².